The van der Waals surface area contributed by atoms with Crippen LogP contribution in [0.3, 0.4) is 0 Å². The topological polar surface area (TPSA) is 126 Å². The summed E-state index contributed by atoms with van der Waals surface area (Å²) in [7, 11) is -3.28. The van der Waals surface area contributed by atoms with Gasteiger partial charge >= 0.3 is 12.0 Å². The van der Waals surface area contributed by atoms with Crippen molar-refractivity contribution in [2.45, 2.75) is 18.9 Å². The van der Waals surface area contributed by atoms with Crippen molar-refractivity contribution < 1.29 is 27.5 Å². The highest BCUT2D eigenvalue weighted by molar-refractivity contribution is 7.90. The molecular weight excluding hydrogens is 300 g/mol. The molecule has 1 aromatic rings. The smallest absolute Gasteiger partial charge is 0.326 e. The minimum atomic E-state index is -3.28. The van der Waals surface area contributed by atoms with E-state index < -0.39 is 27.9 Å². The Hall–Kier alpha value is -2.03. The van der Waals surface area contributed by atoms with Crippen LogP contribution in [0.4, 0.5) is 4.79 Å². The fraction of sp³-hybridized carbons (Fsp3) is 0.500. The van der Waals surface area contributed by atoms with Gasteiger partial charge in [0.25, 0.3) is 0 Å². The lowest BCUT2D eigenvalue weighted by Gasteiger charge is -2.14. The van der Waals surface area contributed by atoms with Gasteiger partial charge in [-0.2, -0.15) is 0 Å². The number of amides is 2. The molecule has 0 saturated heterocycles. The maximum atomic E-state index is 11.5. The molecule has 1 unspecified atom stereocenters. The maximum Gasteiger partial charge on any atom is 0.326 e. The monoisotopic (exact) mass is 318 g/mol. The predicted molar refractivity (Wildman–Crippen MR) is 74.7 cm³/mol. The highest BCUT2D eigenvalue weighted by Gasteiger charge is 2.21. The minimum absolute atomic E-state index is 0.181. The molecule has 2 amide bonds. The van der Waals surface area contributed by atoms with Crippen LogP contribution in [0.5, 0.6) is 0 Å². The number of carboxylic acid groups (broad SMARTS) is 1. The number of rotatable bonds is 8. The van der Waals surface area contributed by atoms with E-state index in [4.69, 9.17) is 9.52 Å². The Kier molecular flexibility index (Phi) is 6.22. The summed E-state index contributed by atoms with van der Waals surface area (Å²) in [6.07, 6.45) is 2.82. The third kappa shape index (κ3) is 7.35. The zero-order valence-corrected chi connectivity index (χ0v) is 12.4. The number of hydrogen-bond acceptors (Lipinski definition) is 5. The summed E-state index contributed by atoms with van der Waals surface area (Å²) in [5, 5.41) is 13.6. The summed E-state index contributed by atoms with van der Waals surface area (Å²) in [5.74, 6) is -0.890. The van der Waals surface area contributed by atoms with Gasteiger partial charge in [0, 0.05) is 19.2 Å². The lowest BCUT2D eigenvalue weighted by molar-refractivity contribution is -0.139. The van der Waals surface area contributed by atoms with E-state index in [0.29, 0.717) is 12.2 Å². The molecule has 118 valence electrons. The van der Waals surface area contributed by atoms with Gasteiger partial charge in [-0.15, -0.1) is 0 Å². The second kappa shape index (κ2) is 7.67. The van der Waals surface area contributed by atoms with Gasteiger partial charge in [-0.1, -0.05) is 0 Å². The van der Waals surface area contributed by atoms with Crippen molar-refractivity contribution in [3.63, 3.8) is 0 Å². The second-order valence-corrected chi connectivity index (χ2v) is 6.80. The first-order valence-corrected chi connectivity index (χ1v) is 8.31. The number of urea groups is 1. The number of nitrogens with one attached hydrogen (secondary N) is 2. The summed E-state index contributed by atoms with van der Waals surface area (Å²) in [6, 6.07) is 1.57. The molecule has 8 nitrogen and oxygen atoms in total. The SMILES string of the molecule is CS(=O)(=O)CCC(NC(=O)NCCc1ccco1)C(=O)O. The number of aliphatic carboxylic acids is 1. The van der Waals surface area contributed by atoms with E-state index >= 15 is 0 Å². The third-order valence-electron chi connectivity index (χ3n) is 2.62. The van der Waals surface area contributed by atoms with Crippen LogP contribution >= 0.6 is 0 Å². The van der Waals surface area contributed by atoms with Gasteiger partial charge in [0.05, 0.1) is 12.0 Å². The number of furan rings is 1. The number of sulfone groups is 1. The summed E-state index contributed by atoms with van der Waals surface area (Å²) in [4.78, 5) is 22.5. The number of carboxylic acids is 1. The van der Waals surface area contributed by atoms with Crippen molar-refractivity contribution in [1.82, 2.24) is 10.6 Å². The van der Waals surface area contributed by atoms with Crippen LogP contribution in [-0.2, 0) is 21.1 Å². The van der Waals surface area contributed by atoms with Crippen molar-refractivity contribution >= 4 is 21.8 Å². The van der Waals surface area contributed by atoms with Gasteiger partial charge < -0.3 is 20.2 Å². The zero-order valence-electron chi connectivity index (χ0n) is 11.5. The van der Waals surface area contributed by atoms with Gasteiger partial charge in [0.2, 0.25) is 0 Å². The average Bonchev–Trinajstić information content (AvgIpc) is 2.86. The van der Waals surface area contributed by atoms with E-state index in [0.717, 1.165) is 6.26 Å². The Bertz CT molecular complexity index is 567. The Morgan fingerprint density at radius 3 is 2.67 bits per heavy atom. The summed E-state index contributed by atoms with van der Waals surface area (Å²) in [5.41, 5.74) is 0. The van der Waals surface area contributed by atoms with Gasteiger partial charge in [-0.05, 0) is 18.6 Å². The highest BCUT2D eigenvalue weighted by atomic mass is 32.2. The molecule has 9 heteroatoms. The molecule has 0 bridgehead atoms. The fourth-order valence-electron chi connectivity index (χ4n) is 1.55. The summed E-state index contributed by atoms with van der Waals surface area (Å²) in [6.45, 7) is 0.276. The van der Waals surface area contributed by atoms with Crippen LogP contribution in [0.15, 0.2) is 22.8 Å². The van der Waals surface area contributed by atoms with Crippen LogP contribution in [0.2, 0.25) is 0 Å². The van der Waals surface area contributed by atoms with Crippen LogP contribution in [0, 0.1) is 0 Å². The van der Waals surface area contributed by atoms with Crippen molar-refractivity contribution in [2.24, 2.45) is 0 Å². The lowest BCUT2D eigenvalue weighted by atomic mass is 10.2. The van der Waals surface area contributed by atoms with Crippen LogP contribution in [-0.4, -0.2) is 50.1 Å². The lowest BCUT2D eigenvalue weighted by Crippen LogP contribution is -2.47. The number of carbonyl (C=O) groups is 2. The molecule has 0 spiro atoms. The van der Waals surface area contributed by atoms with Crippen molar-refractivity contribution in [1.29, 1.82) is 0 Å². The molecule has 0 saturated carbocycles. The molecule has 0 fully saturated rings. The quantitative estimate of drug-likeness (QED) is 0.620. The predicted octanol–water partition coefficient (Wildman–Crippen LogP) is 0.00920. The molecule has 21 heavy (non-hydrogen) atoms. The molecule has 1 heterocycles. The molecule has 0 aliphatic carbocycles. The Morgan fingerprint density at radius 1 is 1.43 bits per heavy atom. The first-order valence-electron chi connectivity index (χ1n) is 6.25. The fourth-order valence-corrected chi connectivity index (χ4v) is 2.22. The molecule has 3 N–H and O–H groups in total. The van der Waals surface area contributed by atoms with E-state index in [2.05, 4.69) is 10.6 Å². The largest absolute Gasteiger partial charge is 0.480 e. The summed E-state index contributed by atoms with van der Waals surface area (Å²) < 4.78 is 27.1. The third-order valence-corrected chi connectivity index (χ3v) is 3.60. The van der Waals surface area contributed by atoms with E-state index in [-0.39, 0.29) is 18.7 Å². The first kappa shape index (κ1) is 17.0. The Balaban J connectivity index is 2.36. The van der Waals surface area contributed by atoms with Crippen molar-refractivity contribution in [3.05, 3.63) is 24.2 Å². The summed E-state index contributed by atoms with van der Waals surface area (Å²) >= 11 is 0. The van der Waals surface area contributed by atoms with E-state index in [1.54, 1.807) is 12.1 Å². The van der Waals surface area contributed by atoms with Gasteiger partial charge in [-0.25, -0.2) is 18.0 Å². The van der Waals surface area contributed by atoms with Crippen LogP contribution in [0.1, 0.15) is 12.2 Å². The normalized spacial score (nSPS) is 12.6. The molecule has 0 aliphatic heterocycles. The van der Waals surface area contributed by atoms with E-state index in [9.17, 15) is 18.0 Å². The highest BCUT2D eigenvalue weighted by Crippen LogP contribution is 2.00. The van der Waals surface area contributed by atoms with E-state index in [1.807, 2.05) is 0 Å². The molecule has 0 aliphatic rings. The molecule has 0 aromatic carbocycles. The van der Waals surface area contributed by atoms with Crippen LogP contribution in [0.25, 0.3) is 0 Å². The van der Waals surface area contributed by atoms with Gasteiger partial charge in [-0.3, -0.25) is 0 Å². The number of carbonyl (C=O) groups excluding carboxylic acids is 1. The zero-order chi connectivity index (χ0) is 15.9. The second-order valence-electron chi connectivity index (χ2n) is 4.54. The number of hydrogen-bond donors (Lipinski definition) is 3. The molecule has 1 rings (SSSR count). The van der Waals surface area contributed by atoms with Gasteiger partial charge in [0.15, 0.2) is 0 Å². The molecule has 0 radical (unpaired) electrons. The van der Waals surface area contributed by atoms with Crippen molar-refractivity contribution in [3.8, 4) is 0 Å². The molecule has 1 aromatic heterocycles. The molecular formula is C12H18N2O6S. The maximum absolute atomic E-state index is 11.5. The minimum Gasteiger partial charge on any atom is -0.480 e. The average molecular weight is 318 g/mol. The van der Waals surface area contributed by atoms with E-state index in [1.165, 1.54) is 6.26 Å². The Labute approximate surface area is 122 Å². The van der Waals surface area contributed by atoms with Gasteiger partial charge in [0.1, 0.15) is 21.6 Å². The Morgan fingerprint density at radius 2 is 2.14 bits per heavy atom. The first-order chi connectivity index (χ1) is 9.78. The van der Waals surface area contributed by atoms with Crippen molar-refractivity contribution in [2.75, 3.05) is 18.6 Å². The standard InChI is InChI=1S/C12H18N2O6S/c1-21(18,19)8-5-10(11(15)16)14-12(17)13-6-4-9-3-2-7-20-9/h2-3,7,10H,4-6,8H2,1H3,(H,15,16)(H2,13,14,17). The molecule has 1 atom stereocenters. The van der Waals surface area contributed by atoms with Crippen LogP contribution < -0.4 is 10.6 Å².